The lowest BCUT2D eigenvalue weighted by Crippen LogP contribution is -2.28. The van der Waals surface area contributed by atoms with Crippen molar-refractivity contribution in [2.75, 3.05) is 6.54 Å². The fourth-order valence-corrected chi connectivity index (χ4v) is 2.35. The molecule has 0 bridgehead atoms. The van der Waals surface area contributed by atoms with Crippen molar-refractivity contribution in [1.29, 1.82) is 0 Å². The summed E-state index contributed by atoms with van der Waals surface area (Å²) in [5, 5.41) is 4.75. The Labute approximate surface area is 109 Å². The lowest BCUT2D eigenvalue weighted by atomic mass is 10.0. The average molecular weight is 242 g/mol. The van der Waals surface area contributed by atoms with Gasteiger partial charge in [-0.15, -0.1) is 0 Å². The van der Waals surface area contributed by atoms with Crippen LogP contribution in [-0.4, -0.2) is 17.6 Å². The summed E-state index contributed by atoms with van der Waals surface area (Å²) in [4.78, 5) is 4.41. The molecule has 0 saturated heterocycles. The van der Waals surface area contributed by atoms with E-state index >= 15 is 0 Å². The van der Waals surface area contributed by atoms with Gasteiger partial charge in [0.1, 0.15) is 0 Å². The zero-order chi connectivity index (χ0) is 12.8. The first kappa shape index (κ1) is 13.0. The van der Waals surface area contributed by atoms with Gasteiger partial charge in [-0.25, -0.2) is 0 Å². The van der Waals surface area contributed by atoms with Crippen LogP contribution in [0.5, 0.6) is 0 Å². The summed E-state index contributed by atoms with van der Waals surface area (Å²) in [6.45, 7) is 5.47. The zero-order valence-corrected chi connectivity index (χ0v) is 11.3. The molecule has 0 saturated carbocycles. The third-order valence-corrected chi connectivity index (χ3v) is 3.44. The number of nitrogens with zero attached hydrogens (tertiary/aromatic N) is 1. The molecular formula is C16H22N2. The third-order valence-electron chi connectivity index (χ3n) is 3.44. The molecule has 2 rings (SSSR count). The molecule has 0 radical (unpaired) electrons. The molecule has 0 aliphatic heterocycles. The SMILES string of the molecule is CCNC(CC)CCc1ccc2cccnc2c1. The summed E-state index contributed by atoms with van der Waals surface area (Å²) in [6.07, 6.45) is 5.37. The van der Waals surface area contributed by atoms with Crippen LogP contribution < -0.4 is 5.32 Å². The number of hydrogen-bond donors (Lipinski definition) is 1. The van der Waals surface area contributed by atoms with E-state index in [0.29, 0.717) is 6.04 Å². The smallest absolute Gasteiger partial charge is 0.0704 e. The van der Waals surface area contributed by atoms with Crippen molar-refractivity contribution < 1.29 is 0 Å². The molecule has 1 heterocycles. The summed E-state index contributed by atoms with van der Waals surface area (Å²) in [5.74, 6) is 0. The number of pyridine rings is 1. The van der Waals surface area contributed by atoms with Gasteiger partial charge in [-0.3, -0.25) is 4.98 Å². The van der Waals surface area contributed by atoms with Crippen molar-refractivity contribution in [1.82, 2.24) is 10.3 Å². The van der Waals surface area contributed by atoms with Gasteiger partial charge in [-0.2, -0.15) is 0 Å². The van der Waals surface area contributed by atoms with Crippen LogP contribution in [0.15, 0.2) is 36.5 Å². The minimum absolute atomic E-state index is 0.634. The predicted molar refractivity (Wildman–Crippen MR) is 77.8 cm³/mol. The van der Waals surface area contributed by atoms with E-state index in [4.69, 9.17) is 0 Å². The Hall–Kier alpha value is -1.41. The number of aromatic nitrogens is 1. The number of rotatable bonds is 6. The number of nitrogens with one attached hydrogen (secondary N) is 1. The largest absolute Gasteiger partial charge is 0.314 e. The minimum atomic E-state index is 0.634. The Balaban J connectivity index is 2.03. The monoisotopic (exact) mass is 242 g/mol. The Bertz CT molecular complexity index is 493. The van der Waals surface area contributed by atoms with Crippen LogP contribution >= 0.6 is 0 Å². The highest BCUT2D eigenvalue weighted by atomic mass is 14.9. The van der Waals surface area contributed by atoms with E-state index in [-0.39, 0.29) is 0 Å². The highest BCUT2D eigenvalue weighted by Gasteiger charge is 2.05. The molecule has 18 heavy (non-hydrogen) atoms. The molecule has 1 N–H and O–H groups in total. The van der Waals surface area contributed by atoms with Gasteiger partial charge in [0, 0.05) is 17.6 Å². The van der Waals surface area contributed by atoms with Crippen LogP contribution in [0.3, 0.4) is 0 Å². The maximum atomic E-state index is 4.41. The van der Waals surface area contributed by atoms with Gasteiger partial charge in [0.15, 0.2) is 0 Å². The molecular weight excluding hydrogens is 220 g/mol. The maximum absolute atomic E-state index is 4.41. The molecule has 96 valence electrons. The van der Waals surface area contributed by atoms with E-state index in [0.717, 1.165) is 18.5 Å². The lowest BCUT2D eigenvalue weighted by molar-refractivity contribution is 0.481. The Morgan fingerprint density at radius 3 is 2.89 bits per heavy atom. The Kier molecular flexibility index (Phi) is 4.71. The van der Waals surface area contributed by atoms with Crippen molar-refractivity contribution in [2.24, 2.45) is 0 Å². The lowest BCUT2D eigenvalue weighted by Gasteiger charge is -2.15. The van der Waals surface area contributed by atoms with Crippen LogP contribution in [0.4, 0.5) is 0 Å². The molecule has 1 unspecified atom stereocenters. The first-order valence-electron chi connectivity index (χ1n) is 6.90. The summed E-state index contributed by atoms with van der Waals surface area (Å²) in [7, 11) is 0. The fourth-order valence-electron chi connectivity index (χ4n) is 2.35. The van der Waals surface area contributed by atoms with Crippen molar-refractivity contribution in [2.45, 2.75) is 39.2 Å². The maximum Gasteiger partial charge on any atom is 0.0704 e. The first-order chi connectivity index (χ1) is 8.83. The average Bonchev–Trinajstić information content (AvgIpc) is 2.43. The van der Waals surface area contributed by atoms with E-state index in [9.17, 15) is 0 Å². The fraction of sp³-hybridized carbons (Fsp3) is 0.438. The predicted octanol–water partition coefficient (Wildman–Crippen LogP) is 3.56. The van der Waals surface area contributed by atoms with Gasteiger partial charge < -0.3 is 5.32 Å². The van der Waals surface area contributed by atoms with Gasteiger partial charge >= 0.3 is 0 Å². The van der Waals surface area contributed by atoms with Crippen molar-refractivity contribution in [3.8, 4) is 0 Å². The summed E-state index contributed by atoms with van der Waals surface area (Å²) >= 11 is 0. The Morgan fingerprint density at radius 2 is 2.11 bits per heavy atom. The molecule has 1 aromatic carbocycles. The topological polar surface area (TPSA) is 24.9 Å². The Morgan fingerprint density at radius 1 is 1.22 bits per heavy atom. The van der Waals surface area contributed by atoms with Crippen LogP contribution in [-0.2, 0) is 6.42 Å². The quantitative estimate of drug-likeness (QED) is 0.838. The highest BCUT2D eigenvalue weighted by molar-refractivity contribution is 5.78. The van der Waals surface area contributed by atoms with Crippen LogP contribution in [0.1, 0.15) is 32.3 Å². The molecule has 1 atom stereocenters. The molecule has 0 fully saturated rings. The van der Waals surface area contributed by atoms with Gasteiger partial charge in [-0.1, -0.05) is 32.0 Å². The number of hydrogen-bond acceptors (Lipinski definition) is 2. The molecule has 0 spiro atoms. The second-order valence-corrected chi connectivity index (χ2v) is 4.73. The molecule has 2 nitrogen and oxygen atoms in total. The van der Waals surface area contributed by atoms with Gasteiger partial charge in [0.05, 0.1) is 5.52 Å². The van der Waals surface area contributed by atoms with Gasteiger partial charge in [0.25, 0.3) is 0 Å². The molecule has 2 heteroatoms. The second kappa shape index (κ2) is 6.50. The highest BCUT2D eigenvalue weighted by Crippen LogP contribution is 2.15. The molecule has 1 aromatic heterocycles. The normalized spacial score (nSPS) is 12.8. The van der Waals surface area contributed by atoms with Crippen molar-refractivity contribution >= 4 is 10.9 Å². The van der Waals surface area contributed by atoms with E-state index in [2.05, 4.69) is 48.4 Å². The van der Waals surface area contributed by atoms with Crippen LogP contribution in [0, 0.1) is 0 Å². The summed E-state index contributed by atoms with van der Waals surface area (Å²) in [6, 6.07) is 11.3. The molecule has 0 aliphatic carbocycles. The number of fused-ring (bicyclic) bond motifs is 1. The van der Waals surface area contributed by atoms with E-state index < -0.39 is 0 Å². The van der Waals surface area contributed by atoms with E-state index in [1.165, 1.54) is 23.8 Å². The van der Waals surface area contributed by atoms with Crippen molar-refractivity contribution in [3.63, 3.8) is 0 Å². The summed E-state index contributed by atoms with van der Waals surface area (Å²) in [5.41, 5.74) is 2.49. The zero-order valence-electron chi connectivity index (χ0n) is 11.3. The molecule has 0 amide bonds. The van der Waals surface area contributed by atoms with Crippen molar-refractivity contribution in [3.05, 3.63) is 42.1 Å². The minimum Gasteiger partial charge on any atom is -0.314 e. The third kappa shape index (κ3) is 3.30. The van der Waals surface area contributed by atoms with E-state index in [1.807, 2.05) is 12.3 Å². The molecule has 0 aliphatic rings. The van der Waals surface area contributed by atoms with Gasteiger partial charge in [-0.05, 0) is 43.5 Å². The molecule has 2 aromatic rings. The second-order valence-electron chi connectivity index (χ2n) is 4.73. The van der Waals surface area contributed by atoms with E-state index in [1.54, 1.807) is 0 Å². The summed E-state index contributed by atoms with van der Waals surface area (Å²) < 4.78 is 0. The number of aryl methyl sites for hydroxylation is 1. The standard InChI is InChI=1S/C16H22N2/c1-3-15(17-4-2)10-8-13-7-9-14-6-5-11-18-16(14)12-13/h5-7,9,11-12,15,17H,3-4,8,10H2,1-2H3. The van der Waals surface area contributed by atoms with Crippen LogP contribution in [0.25, 0.3) is 10.9 Å². The first-order valence-corrected chi connectivity index (χ1v) is 6.90. The number of benzene rings is 1. The van der Waals surface area contributed by atoms with Crippen LogP contribution in [0.2, 0.25) is 0 Å². The van der Waals surface area contributed by atoms with Gasteiger partial charge in [0.2, 0.25) is 0 Å².